The molecule has 66 valence electrons. The Kier molecular flexibility index (Phi) is 2.92. The third-order valence-corrected chi connectivity index (χ3v) is 3.43. The number of hydrogen-bond acceptors (Lipinski definition) is 5. The lowest BCUT2D eigenvalue weighted by Crippen LogP contribution is -1.78. The maximum absolute atomic E-state index is 4.21. The van der Waals surface area contributed by atoms with E-state index in [2.05, 4.69) is 31.1 Å². The number of rotatable bonds is 2. The first-order valence-corrected chi connectivity index (χ1v) is 5.89. The second kappa shape index (κ2) is 4.17. The average Bonchev–Trinajstić information content (AvgIpc) is 2.62. The van der Waals surface area contributed by atoms with E-state index in [9.17, 15) is 0 Å². The van der Waals surface area contributed by atoms with Crippen molar-refractivity contribution in [2.75, 3.05) is 0 Å². The molecule has 2 heterocycles. The van der Waals surface area contributed by atoms with Crippen LogP contribution >= 0.6 is 39.0 Å². The summed E-state index contributed by atoms with van der Waals surface area (Å²) in [6.45, 7) is 0. The molecule has 0 spiro atoms. The fourth-order valence-corrected chi connectivity index (χ4v) is 2.32. The molecule has 0 saturated heterocycles. The van der Waals surface area contributed by atoms with E-state index < -0.39 is 0 Å². The summed E-state index contributed by atoms with van der Waals surface area (Å²) >= 11 is 6.35. The molecule has 0 aliphatic rings. The molecule has 0 amide bonds. The standard InChI is InChI=1S/C7H4BrN3S2/c8-5-1-2-6(9-3-5)13-7-11-10-4-12-7/h1-4H. The second-order valence-electron chi connectivity index (χ2n) is 2.12. The Labute approximate surface area is 91.7 Å². The van der Waals surface area contributed by atoms with Crippen LogP contribution in [0.5, 0.6) is 0 Å². The van der Waals surface area contributed by atoms with Crippen molar-refractivity contribution in [2.45, 2.75) is 9.37 Å². The molecule has 0 radical (unpaired) electrons. The molecule has 13 heavy (non-hydrogen) atoms. The SMILES string of the molecule is Brc1ccc(Sc2nncs2)nc1. The van der Waals surface area contributed by atoms with Gasteiger partial charge in [0.1, 0.15) is 10.5 Å². The van der Waals surface area contributed by atoms with Crippen molar-refractivity contribution < 1.29 is 0 Å². The quantitative estimate of drug-likeness (QED) is 0.844. The Morgan fingerprint density at radius 2 is 2.31 bits per heavy atom. The average molecular weight is 274 g/mol. The van der Waals surface area contributed by atoms with Crippen LogP contribution in [-0.2, 0) is 0 Å². The van der Waals surface area contributed by atoms with Gasteiger partial charge in [0, 0.05) is 10.7 Å². The summed E-state index contributed by atoms with van der Waals surface area (Å²) in [5, 5.41) is 8.59. The Hall–Kier alpha value is -0.460. The first-order valence-electron chi connectivity index (χ1n) is 3.40. The minimum atomic E-state index is 0.912. The molecular formula is C7H4BrN3S2. The first-order chi connectivity index (χ1) is 6.34. The van der Waals surface area contributed by atoms with E-state index in [0.29, 0.717) is 0 Å². The van der Waals surface area contributed by atoms with Crippen molar-refractivity contribution >= 4 is 39.0 Å². The second-order valence-corrected chi connectivity index (χ2v) is 5.14. The van der Waals surface area contributed by atoms with Crippen molar-refractivity contribution in [3.05, 3.63) is 28.3 Å². The largest absolute Gasteiger partial charge is 0.248 e. The highest BCUT2D eigenvalue weighted by atomic mass is 79.9. The van der Waals surface area contributed by atoms with Crippen LogP contribution < -0.4 is 0 Å². The molecule has 0 unspecified atom stereocenters. The van der Waals surface area contributed by atoms with E-state index in [-0.39, 0.29) is 0 Å². The predicted octanol–water partition coefficient (Wildman–Crippen LogP) is 2.85. The van der Waals surface area contributed by atoms with Crippen molar-refractivity contribution in [3.8, 4) is 0 Å². The van der Waals surface area contributed by atoms with Gasteiger partial charge < -0.3 is 0 Å². The van der Waals surface area contributed by atoms with Gasteiger partial charge in [-0.1, -0.05) is 11.3 Å². The molecular weight excluding hydrogens is 270 g/mol. The van der Waals surface area contributed by atoms with Crippen LogP contribution in [0.15, 0.2) is 37.7 Å². The maximum Gasteiger partial charge on any atom is 0.180 e. The van der Waals surface area contributed by atoms with Crippen molar-refractivity contribution in [1.82, 2.24) is 15.2 Å². The fraction of sp³-hybridized carbons (Fsp3) is 0. The molecule has 0 aromatic carbocycles. The van der Waals surface area contributed by atoms with Gasteiger partial charge in [-0.15, -0.1) is 10.2 Å². The summed E-state index contributed by atoms with van der Waals surface area (Å²) in [6.07, 6.45) is 1.77. The molecule has 0 fully saturated rings. The third kappa shape index (κ3) is 2.49. The van der Waals surface area contributed by atoms with E-state index in [1.807, 2.05) is 12.1 Å². The van der Waals surface area contributed by atoms with Gasteiger partial charge in [-0.2, -0.15) is 0 Å². The van der Waals surface area contributed by atoms with Crippen LogP contribution in [0.25, 0.3) is 0 Å². The predicted molar refractivity (Wildman–Crippen MR) is 56.0 cm³/mol. The highest BCUT2D eigenvalue weighted by Gasteiger charge is 2.00. The fourth-order valence-electron chi connectivity index (χ4n) is 0.719. The molecule has 0 N–H and O–H groups in total. The van der Waals surface area contributed by atoms with Gasteiger partial charge in [-0.05, 0) is 39.8 Å². The number of hydrogen-bond donors (Lipinski definition) is 0. The van der Waals surface area contributed by atoms with Gasteiger partial charge in [-0.3, -0.25) is 0 Å². The molecule has 0 aliphatic carbocycles. The highest BCUT2D eigenvalue weighted by molar-refractivity contribution is 9.10. The molecule has 0 saturated carbocycles. The van der Waals surface area contributed by atoms with E-state index >= 15 is 0 Å². The van der Waals surface area contributed by atoms with Gasteiger partial charge in [0.15, 0.2) is 4.34 Å². The van der Waals surface area contributed by atoms with Crippen LogP contribution in [0.3, 0.4) is 0 Å². The van der Waals surface area contributed by atoms with Crippen molar-refractivity contribution in [3.63, 3.8) is 0 Å². The number of halogens is 1. The van der Waals surface area contributed by atoms with Crippen LogP contribution in [-0.4, -0.2) is 15.2 Å². The molecule has 0 aliphatic heterocycles. The minimum absolute atomic E-state index is 0.912. The van der Waals surface area contributed by atoms with E-state index in [0.717, 1.165) is 13.8 Å². The summed E-state index contributed by atoms with van der Waals surface area (Å²) in [7, 11) is 0. The number of pyridine rings is 1. The zero-order valence-corrected chi connectivity index (χ0v) is 9.56. The van der Waals surface area contributed by atoms with Crippen LogP contribution in [0.1, 0.15) is 0 Å². The van der Waals surface area contributed by atoms with Gasteiger partial charge in [0.2, 0.25) is 0 Å². The zero-order valence-electron chi connectivity index (χ0n) is 6.35. The molecule has 2 aromatic heterocycles. The molecule has 3 nitrogen and oxygen atoms in total. The molecule has 6 heteroatoms. The lowest BCUT2D eigenvalue weighted by Gasteiger charge is -1.94. The number of nitrogens with zero attached hydrogens (tertiary/aromatic N) is 3. The van der Waals surface area contributed by atoms with E-state index in [1.165, 1.54) is 23.1 Å². The summed E-state index contributed by atoms with van der Waals surface area (Å²) < 4.78 is 1.89. The Morgan fingerprint density at radius 1 is 1.38 bits per heavy atom. The minimum Gasteiger partial charge on any atom is -0.248 e. The molecule has 0 bridgehead atoms. The summed E-state index contributed by atoms with van der Waals surface area (Å²) in [4.78, 5) is 4.21. The Morgan fingerprint density at radius 3 is 2.92 bits per heavy atom. The molecule has 2 aromatic rings. The summed E-state index contributed by atoms with van der Waals surface area (Å²) in [5.41, 5.74) is 1.71. The zero-order chi connectivity index (χ0) is 9.10. The lowest BCUT2D eigenvalue weighted by molar-refractivity contribution is 1.01. The van der Waals surface area contributed by atoms with Crippen LogP contribution in [0, 0.1) is 0 Å². The smallest absolute Gasteiger partial charge is 0.180 e. The van der Waals surface area contributed by atoms with E-state index in [4.69, 9.17) is 0 Å². The number of aromatic nitrogens is 3. The first kappa shape index (κ1) is 9.11. The van der Waals surface area contributed by atoms with Gasteiger partial charge >= 0.3 is 0 Å². The summed E-state index contributed by atoms with van der Waals surface area (Å²) in [5.74, 6) is 0. The van der Waals surface area contributed by atoms with Gasteiger partial charge in [-0.25, -0.2) is 4.98 Å². The summed E-state index contributed by atoms with van der Waals surface area (Å²) in [6, 6.07) is 3.90. The Balaban J connectivity index is 2.15. The van der Waals surface area contributed by atoms with Crippen LogP contribution in [0.4, 0.5) is 0 Å². The van der Waals surface area contributed by atoms with Crippen molar-refractivity contribution in [1.29, 1.82) is 0 Å². The third-order valence-electron chi connectivity index (χ3n) is 1.23. The lowest BCUT2D eigenvalue weighted by atomic mass is 10.5. The maximum atomic E-state index is 4.21. The highest BCUT2D eigenvalue weighted by Crippen LogP contribution is 2.26. The van der Waals surface area contributed by atoms with Crippen LogP contribution in [0.2, 0.25) is 0 Å². The normalized spacial score (nSPS) is 10.2. The monoisotopic (exact) mass is 273 g/mol. The van der Waals surface area contributed by atoms with Gasteiger partial charge in [0.05, 0.1) is 0 Å². The topological polar surface area (TPSA) is 38.7 Å². The van der Waals surface area contributed by atoms with Gasteiger partial charge in [0.25, 0.3) is 0 Å². The molecule has 2 rings (SSSR count). The molecule has 0 atom stereocenters. The van der Waals surface area contributed by atoms with Crippen molar-refractivity contribution in [2.24, 2.45) is 0 Å². The van der Waals surface area contributed by atoms with E-state index in [1.54, 1.807) is 11.7 Å². The Bertz CT molecular complexity index is 373.